The summed E-state index contributed by atoms with van der Waals surface area (Å²) in [6.07, 6.45) is 0. The van der Waals surface area contributed by atoms with Crippen LogP contribution in [-0.2, 0) is 0 Å². The first-order valence-corrected chi connectivity index (χ1v) is 18.5. The van der Waals surface area contributed by atoms with Gasteiger partial charge in [0, 0.05) is 27.5 Å². The molecule has 2 aromatic heterocycles. The molecule has 0 bridgehead atoms. The van der Waals surface area contributed by atoms with E-state index < -0.39 is 0 Å². The SMILES string of the molecule is c1ccc(-c2nc(-c3cccc(-c4cccc5oc6cc(-c7ccc8ccccc8c7)ccc6c45)c3)nc(-c3ccc4c(ccc5ccccc54)c3)n2)cc1. The highest BCUT2D eigenvalue weighted by Gasteiger charge is 2.17. The summed E-state index contributed by atoms with van der Waals surface area (Å²) in [7, 11) is 0. The lowest BCUT2D eigenvalue weighted by molar-refractivity contribution is 0.669. The lowest BCUT2D eigenvalue weighted by atomic mass is 9.96. The molecule has 0 aliphatic heterocycles. The van der Waals surface area contributed by atoms with Gasteiger partial charge in [-0.2, -0.15) is 0 Å². The average molecular weight is 702 g/mol. The number of nitrogens with zero attached hydrogens (tertiary/aromatic N) is 3. The molecule has 256 valence electrons. The van der Waals surface area contributed by atoms with Crippen molar-refractivity contribution in [3.8, 4) is 56.4 Å². The summed E-state index contributed by atoms with van der Waals surface area (Å²) in [5, 5.41) is 9.43. The number of fused-ring (bicyclic) bond motifs is 7. The zero-order chi connectivity index (χ0) is 36.3. The Morgan fingerprint density at radius 1 is 0.291 bits per heavy atom. The third kappa shape index (κ3) is 5.43. The molecule has 0 fully saturated rings. The van der Waals surface area contributed by atoms with Crippen LogP contribution < -0.4 is 0 Å². The molecule has 9 aromatic carbocycles. The Bertz CT molecular complexity index is 3270. The summed E-state index contributed by atoms with van der Waals surface area (Å²) in [6, 6.07) is 65.8. The maximum absolute atomic E-state index is 6.53. The zero-order valence-electron chi connectivity index (χ0n) is 29.6. The number of rotatable bonds is 5. The maximum atomic E-state index is 6.53. The second-order valence-electron chi connectivity index (χ2n) is 14.0. The van der Waals surface area contributed by atoms with Gasteiger partial charge < -0.3 is 4.42 Å². The van der Waals surface area contributed by atoms with Crippen molar-refractivity contribution in [2.45, 2.75) is 0 Å². The Hall–Kier alpha value is -7.43. The highest BCUT2D eigenvalue weighted by Crippen LogP contribution is 2.40. The summed E-state index contributed by atoms with van der Waals surface area (Å²) >= 11 is 0. The molecule has 0 atom stereocenters. The molecule has 0 aliphatic carbocycles. The smallest absolute Gasteiger partial charge is 0.164 e. The van der Waals surface area contributed by atoms with Crippen LogP contribution in [0.15, 0.2) is 192 Å². The predicted molar refractivity (Wildman–Crippen MR) is 227 cm³/mol. The van der Waals surface area contributed by atoms with Crippen LogP contribution in [0.3, 0.4) is 0 Å². The van der Waals surface area contributed by atoms with E-state index in [1.165, 1.54) is 26.9 Å². The number of aromatic nitrogens is 3. The fraction of sp³-hybridized carbons (Fsp3) is 0. The van der Waals surface area contributed by atoms with Crippen LogP contribution in [0.5, 0.6) is 0 Å². The van der Waals surface area contributed by atoms with Crippen LogP contribution in [0.4, 0.5) is 0 Å². The normalized spacial score (nSPS) is 11.6. The minimum absolute atomic E-state index is 0.619. The number of benzene rings is 9. The summed E-state index contributed by atoms with van der Waals surface area (Å²) in [5.74, 6) is 1.89. The highest BCUT2D eigenvalue weighted by molar-refractivity contribution is 6.13. The highest BCUT2D eigenvalue weighted by atomic mass is 16.3. The molecular formula is C51H31N3O. The van der Waals surface area contributed by atoms with Gasteiger partial charge in [-0.15, -0.1) is 0 Å². The zero-order valence-corrected chi connectivity index (χ0v) is 29.6. The van der Waals surface area contributed by atoms with E-state index in [2.05, 4.69) is 158 Å². The van der Waals surface area contributed by atoms with Crippen molar-refractivity contribution < 1.29 is 4.42 Å². The summed E-state index contributed by atoms with van der Waals surface area (Å²) in [6.45, 7) is 0. The van der Waals surface area contributed by atoms with Gasteiger partial charge in [0.2, 0.25) is 0 Å². The standard InChI is InChI=1S/C51H31N3O/c1-2-12-34(13-3-1)49-52-50(54-51(53-49)41-25-26-43-39(30-41)23-21-33-11-6-7-17-42(33)43)40-16-8-15-38(29-40)44-18-9-19-46-48(44)45-27-24-37(31-47(45)55-46)36-22-20-32-10-4-5-14-35(32)28-36/h1-31H. The third-order valence-electron chi connectivity index (χ3n) is 10.7. The van der Waals surface area contributed by atoms with E-state index in [4.69, 9.17) is 19.4 Å². The van der Waals surface area contributed by atoms with E-state index in [0.717, 1.165) is 66.3 Å². The van der Waals surface area contributed by atoms with Gasteiger partial charge in [0.25, 0.3) is 0 Å². The lowest BCUT2D eigenvalue weighted by Gasteiger charge is -2.11. The molecule has 0 amide bonds. The molecule has 4 heteroatoms. The van der Waals surface area contributed by atoms with Crippen molar-refractivity contribution in [1.29, 1.82) is 0 Å². The Morgan fingerprint density at radius 3 is 1.73 bits per heavy atom. The summed E-state index contributed by atoms with van der Waals surface area (Å²) in [4.78, 5) is 15.2. The minimum atomic E-state index is 0.619. The molecule has 0 saturated heterocycles. The van der Waals surface area contributed by atoms with Crippen LogP contribution in [0, 0.1) is 0 Å². The van der Waals surface area contributed by atoms with Crippen LogP contribution in [0.1, 0.15) is 0 Å². The molecule has 0 unspecified atom stereocenters. The number of hydrogen-bond acceptors (Lipinski definition) is 4. The van der Waals surface area contributed by atoms with Crippen molar-refractivity contribution >= 4 is 54.3 Å². The van der Waals surface area contributed by atoms with Crippen LogP contribution in [0.25, 0.3) is 111 Å². The van der Waals surface area contributed by atoms with Gasteiger partial charge in [-0.1, -0.05) is 152 Å². The molecule has 11 rings (SSSR count). The van der Waals surface area contributed by atoms with Gasteiger partial charge in [-0.05, 0) is 91.0 Å². The van der Waals surface area contributed by atoms with E-state index in [1.54, 1.807) is 0 Å². The quantitative estimate of drug-likeness (QED) is 0.168. The van der Waals surface area contributed by atoms with E-state index in [-0.39, 0.29) is 0 Å². The van der Waals surface area contributed by atoms with E-state index in [1.807, 2.05) is 30.3 Å². The molecule has 0 aliphatic rings. The molecule has 55 heavy (non-hydrogen) atoms. The summed E-state index contributed by atoms with van der Waals surface area (Å²) in [5.41, 5.74) is 8.95. The van der Waals surface area contributed by atoms with Crippen LogP contribution in [-0.4, -0.2) is 15.0 Å². The van der Waals surface area contributed by atoms with Crippen molar-refractivity contribution in [3.63, 3.8) is 0 Å². The molecule has 0 spiro atoms. The molecule has 0 N–H and O–H groups in total. The lowest BCUT2D eigenvalue weighted by Crippen LogP contribution is -2.00. The Labute approximate surface area is 317 Å². The van der Waals surface area contributed by atoms with Crippen LogP contribution in [0.2, 0.25) is 0 Å². The van der Waals surface area contributed by atoms with Gasteiger partial charge >= 0.3 is 0 Å². The molecule has 2 heterocycles. The molecular weight excluding hydrogens is 671 g/mol. The van der Waals surface area contributed by atoms with Gasteiger partial charge in [0.1, 0.15) is 11.2 Å². The maximum Gasteiger partial charge on any atom is 0.164 e. The van der Waals surface area contributed by atoms with E-state index >= 15 is 0 Å². The van der Waals surface area contributed by atoms with Crippen molar-refractivity contribution in [2.75, 3.05) is 0 Å². The molecule has 4 nitrogen and oxygen atoms in total. The fourth-order valence-corrected chi connectivity index (χ4v) is 7.94. The second-order valence-corrected chi connectivity index (χ2v) is 14.0. The molecule has 11 aromatic rings. The number of furan rings is 1. The average Bonchev–Trinajstić information content (AvgIpc) is 3.64. The van der Waals surface area contributed by atoms with Gasteiger partial charge in [-0.3, -0.25) is 0 Å². The van der Waals surface area contributed by atoms with Crippen LogP contribution >= 0.6 is 0 Å². The fourth-order valence-electron chi connectivity index (χ4n) is 7.94. The van der Waals surface area contributed by atoms with E-state index in [0.29, 0.717) is 17.5 Å². The third-order valence-corrected chi connectivity index (χ3v) is 10.7. The summed E-state index contributed by atoms with van der Waals surface area (Å²) < 4.78 is 6.53. The van der Waals surface area contributed by atoms with Gasteiger partial charge in [-0.25, -0.2) is 15.0 Å². The monoisotopic (exact) mass is 701 g/mol. The van der Waals surface area contributed by atoms with Crippen molar-refractivity contribution in [1.82, 2.24) is 15.0 Å². The Morgan fingerprint density at radius 2 is 0.855 bits per heavy atom. The van der Waals surface area contributed by atoms with Crippen molar-refractivity contribution in [3.05, 3.63) is 188 Å². The Balaban J connectivity index is 1.02. The first kappa shape index (κ1) is 31.1. The van der Waals surface area contributed by atoms with Gasteiger partial charge in [0.05, 0.1) is 0 Å². The topological polar surface area (TPSA) is 51.8 Å². The molecule has 0 saturated carbocycles. The largest absolute Gasteiger partial charge is 0.456 e. The van der Waals surface area contributed by atoms with E-state index in [9.17, 15) is 0 Å². The number of hydrogen-bond donors (Lipinski definition) is 0. The first-order valence-electron chi connectivity index (χ1n) is 18.5. The van der Waals surface area contributed by atoms with Gasteiger partial charge in [0.15, 0.2) is 17.5 Å². The molecule has 0 radical (unpaired) electrons. The minimum Gasteiger partial charge on any atom is -0.456 e. The Kier molecular flexibility index (Phi) is 7.14. The second kappa shape index (κ2) is 12.6. The first-order chi connectivity index (χ1) is 27.2. The predicted octanol–water partition coefficient (Wildman–Crippen LogP) is 13.6. The van der Waals surface area contributed by atoms with Crippen molar-refractivity contribution in [2.24, 2.45) is 0 Å².